The van der Waals surface area contributed by atoms with Gasteiger partial charge in [-0.05, 0) is 18.2 Å². The van der Waals surface area contributed by atoms with Gasteiger partial charge in [0.25, 0.3) is 0 Å². The molecule has 2 amide bonds. The summed E-state index contributed by atoms with van der Waals surface area (Å²) in [5.74, 6) is 0.0689. The maximum Gasteiger partial charge on any atom is 0.242 e. The van der Waals surface area contributed by atoms with Crippen molar-refractivity contribution in [2.24, 2.45) is 11.7 Å². The first kappa shape index (κ1) is 18.3. The number of halogens is 1. The van der Waals surface area contributed by atoms with E-state index in [2.05, 4.69) is 4.98 Å². The van der Waals surface area contributed by atoms with Gasteiger partial charge in [0.2, 0.25) is 11.8 Å². The van der Waals surface area contributed by atoms with E-state index in [4.69, 9.17) is 22.1 Å². The van der Waals surface area contributed by atoms with E-state index in [-0.39, 0.29) is 30.9 Å². The van der Waals surface area contributed by atoms with Crippen molar-refractivity contribution >= 4 is 23.4 Å². The molecule has 1 aliphatic rings. The third kappa shape index (κ3) is 4.76. The van der Waals surface area contributed by atoms with Gasteiger partial charge in [-0.15, -0.1) is 0 Å². The quantitative estimate of drug-likeness (QED) is 0.830. The monoisotopic (exact) mass is 376 g/mol. The van der Waals surface area contributed by atoms with Gasteiger partial charge in [0.1, 0.15) is 18.4 Å². The number of nitrogens with two attached hydrogens (primary N) is 1. The number of piperidine rings is 1. The average Bonchev–Trinajstić information content (AvgIpc) is 3.09. The lowest BCUT2D eigenvalue weighted by molar-refractivity contribution is -0.136. The summed E-state index contributed by atoms with van der Waals surface area (Å²) in [6.45, 7) is 1.22. The van der Waals surface area contributed by atoms with Crippen molar-refractivity contribution in [3.05, 3.63) is 48.0 Å². The second-order valence-electron chi connectivity index (χ2n) is 6.41. The first-order valence-electron chi connectivity index (χ1n) is 8.45. The number of benzene rings is 1. The molecule has 1 saturated heterocycles. The van der Waals surface area contributed by atoms with Crippen molar-refractivity contribution in [1.29, 1.82) is 0 Å². The van der Waals surface area contributed by atoms with Gasteiger partial charge in [-0.3, -0.25) is 9.59 Å². The molecule has 2 atom stereocenters. The molecule has 1 aromatic carbocycles. The molecule has 0 unspecified atom stereocenters. The summed E-state index contributed by atoms with van der Waals surface area (Å²) < 4.78 is 7.76. The highest BCUT2D eigenvalue weighted by Gasteiger charge is 2.34. The Balaban J connectivity index is 1.66. The van der Waals surface area contributed by atoms with Gasteiger partial charge in [-0.2, -0.15) is 0 Å². The first-order chi connectivity index (χ1) is 12.5. The Hall–Kier alpha value is -2.54. The third-order valence-corrected chi connectivity index (χ3v) is 4.68. The van der Waals surface area contributed by atoms with Gasteiger partial charge in [0.05, 0.1) is 6.33 Å². The van der Waals surface area contributed by atoms with Gasteiger partial charge in [-0.1, -0.05) is 17.7 Å². The Morgan fingerprint density at radius 3 is 2.92 bits per heavy atom. The van der Waals surface area contributed by atoms with E-state index in [9.17, 15) is 9.59 Å². The number of hydrogen-bond acceptors (Lipinski definition) is 4. The number of primary amides is 1. The number of aromatic nitrogens is 2. The summed E-state index contributed by atoms with van der Waals surface area (Å²) in [4.78, 5) is 29.7. The van der Waals surface area contributed by atoms with Gasteiger partial charge in [-0.25, -0.2) is 4.98 Å². The number of hydrogen-bond donors (Lipinski definition) is 1. The molecule has 0 aliphatic carbocycles. The van der Waals surface area contributed by atoms with E-state index in [1.165, 1.54) is 0 Å². The number of likely N-dealkylation sites (tertiary alicyclic amines) is 1. The van der Waals surface area contributed by atoms with Gasteiger partial charge in [0.15, 0.2) is 0 Å². The molecule has 1 aliphatic heterocycles. The van der Waals surface area contributed by atoms with Crippen LogP contribution in [0.5, 0.6) is 5.75 Å². The van der Waals surface area contributed by atoms with Gasteiger partial charge < -0.3 is 19.9 Å². The molecule has 2 aromatic rings. The summed E-state index contributed by atoms with van der Waals surface area (Å²) in [6.07, 6.45) is 5.58. The fourth-order valence-electron chi connectivity index (χ4n) is 3.20. The zero-order valence-electron chi connectivity index (χ0n) is 14.3. The smallest absolute Gasteiger partial charge is 0.242 e. The topological polar surface area (TPSA) is 90.5 Å². The molecule has 0 spiro atoms. The average molecular weight is 377 g/mol. The Bertz CT molecular complexity index is 766. The first-order valence-corrected chi connectivity index (χ1v) is 8.83. The van der Waals surface area contributed by atoms with Crippen LogP contribution in [-0.4, -0.2) is 45.5 Å². The minimum absolute atomic E-state index is 0.0151. The van der Waals surface area contributed by atoms with E-state index >= 15 is 0 Å². The van der Waals surface area contributed by atoms with Crippen molar-refractivity contribution < 1.29 is 14.3 Å². The summed E-state index contributed by atoms with van der Waals surface area (Å²) in [5.41, 5.74) is 5.40. The molecule has 0 bridgehead atoms. The van der Waals surface area contributed by atoms with Gasteiger partial charge >= 0.3 is 0 Å². The molecular weight excluding hydrogens is 356 g/mol. The highest BCUT2D eigenvalue weighted by Crippen LogP contribution is 2.27. The lowest BCUT2D eigenvalue weighted by Gasteiger charge is -2.38. The van der Waals surface area contributed by atoms with Crippen LogP contribution >= 0.6 is 11.6 Å². The number of rotatable bonds is 6. The lowest BCUT2D eigenvalue weighted by Crippen LogP contribution is -2.49. The summed E-state index contributed by atoms with van der Waals surface area (Å²) >= 11 is 6.00. The predicted molar refractivity (Wildman–Crippen MR) is 96.6 cm³/mol. The van der Waals surface area contributed by atoms with Crippen LogP contribution in [0.2, 0.25) is 5.02 Å². The molecule has 0 radical (unpaired) electrons. The van der Waals surface area contributed by atoms with Crippen LogP contribution in [-0.2, 0) is 16.1 Å². The number of nitrogens with zero attached hydrogens (tertiary/aromatic N) is 3. The zero-order valence-corrected chi connectivity index (χ0v) is 15.0. The number of imidazole rings is 1. The molecule has 138 valence electrons. The maximum absolute atomic E-state index is 12.5. The molecule has 1 aromatic heterocycles. The summed E-state index contributed by atoms with van der Waals surface area (Å²) in [5, 5.41) is 0.585. The Morgan fingerprint density at radius 2 is 2.23 bits per heavy atom. The predicted octanol–water partition coefficient (Wildman–Crippen LogP) is 1.71. The number of amides is 2. The highest BCUT2D eigenvalue weighted by molar-refractivity contribution is 6.30. The Morgan fingerprint density at radius 1 is 1.38 bits per heavy atom. The van der Waals surface area contributed by atoms with E-state index in [0.717, 1.165) is 0 Å². The van der Waals surface area contributed by atoms with Crippen molar-refractivity contribution in [2.75, 3.05) is 13.1 Å². The SMILES string of the molecule is NC(=O)C[C@H]1CN(C(=O)Cn2ccnc2)CC[C@@H]1Oc1cccc(Cl)c1. The van der Waals surface area contributed by atoms with E-state index in [1.54, 1.807) is 40.3 Å². The second-order valence-corrected chi connectivity index (χ2v) is 6.84. The standard InChI is InChI=1S/C18H21ClN4O3/c19-14-2-1-3-15(9-14)26-16-4-6-23(10-13(16)8-17(20)24)18(25)11-22-7-5-21-12-22/h1-3,5,7,9,12-13,16H,4,6,8,10-11H2,(H2,20,24)/t13-,16-/m0/s1. The van der Waals surface area contributed by atoms with Crippen molar-refractivity contribution in [3.63, 3.8) is 0 Å². The van der Waals surface area contributed by atoms with E-state index < -0.39 is 5.91 Å². The number of carbonyl (C=O) groups excluding carboxylic acids is 2. The molecule has 7 nitrogen and oxygen atoms in total. The molecule has 0 saturated carbocycles. The zero-order chi connectivity index (χ0) is 18.5. The fraction of sp³-hybridized carbons (Fsp3) is 0.389. The van der Waals surface area contributed by atoms with Crippen molar-refractivity contribution in [1.82, 2.24) is 14.5 Å². The number of ether oxygens (including phenoxy) is 1. The molecule has 2 N–H and O–H groups in total. The van der Waals surface area contributed by atoms with Crippen LogP contribution in [0.4, 0.5) is 0 Å². The minimum Gasteiger partial charge on any atom is -0.490 e. The Kier molecular flexibility index (Phi) is 5.78. The van der Waals surface area contributed by atoms with Crippen LogP contribution in [0.3, 0.4) is 0 Å². The lowest BCUT2D eigenvalue weighted by atomic mass is 9.91. The maximum atomic E-state index is 12.5. The normalized spacial score (nSPS) is 20.0. The van der Waals surface area contributed by atoms with Crippen LogP contribution in [0.15, 0.2) is 43.0 Å². The van der Waals surface area contributed by atoms with Crippen LogP contribution in [0.1, 0.15) is 12.8 Å². The Labute approximate surface area is 156 Å². The van der Waals surface area contributed by atoms with Gasteiger partial charge in [0, 0.05) is 49.3 Å². The van der Waals surface area contributed by atoms with Crippen LogP contribution in [0.25, 0.3) is 0 Å². The molecule has 8 heteroatoms. The molecule has 26 heavy (non-hydrogen) atoms. The third-order valence-electron chi connectivity index (χ3n) is 4.44. The summed E-state index contributed by atoms with van der Waals surface area (Å²) in [6, 6.07) is 7.14. The fourth-order valence-corrected chi connectivity index (χ4v) is 3.38. The van der Waals surface area contributed by atoms with Crippen molar-refractivity contribution in [3.8, 4) is 5.75 Å². The molecule has 1 fully saturated rings. The minimum atomic E-state index is -0.404. The highest BCUT2D eigenvalue weighted by atomic mass is 35.5. The second kappa shape index (κ2) is 8.23. The van der Waals surface area contributed by atoms with E-state index in [1.807, 2.05) is 12.1 Å². The molecular formula is C18H21ClN4O3. The molecule has 3 rings (SSSR count). The van der Waals surface area contributed by atoms with E-state index in [0.29, 0.717) is 30.3 Å². The number of carbonyl (C=O) groups is 2. The van der Waals surface area contributed by atoms with Crippen LogP contribution in [0, 0.1) is 5.92 Å². The summed E-state index contributed by atoms with van der Waals surface area (Å²) in [7, 11) is 0. The largest absolute Gasteiger partial charge is 0.490 e. The van der Waals surface area contributed by atoms with Crippen molar-refractivity contribution in [2.45, 2.75) is 25.5 Å². The molecule has 2 heterocycles. The van der Waals surface area contributed by atoms with Crippen LogP contribution < -0.4 is 10.5 Å².